The van der Waals surface area contributed by atoms with E-state index in [-0.39, 0.29) is 27.8 Å². The first kappa shape index (κ1) is 17.4. The molecular formula is C13H17ClF2N2O3S. The zero-order chi connectivity index (χ0) is 16.3. The molecular weight excluding hydrogens is 338 g/mol. The van der Waals surface area contributed by atoms with E-state index in [0.717, 1.165) is 25.0 Å². The topological polar surface area (TPSA) is 81.4 Å². The third-order valence-electron chi connectivity index (χ3n) is 3.52. The number of nitrogens with one attached hydrogen (secondary N) is 1. The molecule has 1 aromatic carbocycles. The molecule has 0 unspecified atom stereocenters. The molecule has 2 rings (SSSR count). The van der Waals surface area contributed by atoms with Gasteiger partial charge in [-0.25, -0.2) is 13.1 Å². The van der Waals surface area contributed by atoms with Gasteiger partial charge in [-0.2, -0.15) is 8.78 Å². The van der Waals surface area contributed by atoms with Crippen molar-refractivity contribution in [1.29, 1.82) is 0 Å². The Morgan fingerprint density at radius 3 is 2.45 bits per heavy atom. The van der Waals surface area contributed by atoms with Gasteiger partial charge in [0.05, 0.1) is 9.92 Å². The highest BCUT2D eigenvalue weighted by atomic mass is 35.5. The fourth-order valence-corrected chi connectivity index (χ4v) is 3.99. The summed E-state index contributed by atoms with van der Waals surface area (Å²) in [5, 5.41) is -0.186. The van der Waals surface area contributed by atoms with Crippen molar-refractivity contribution in [2.24, 2.45) is 5.73 Å². The first-order valence-corrected chi connectivity index (χ1v) is 8.66. The first-order valence-electron chi connectivity index (χ1n) is 6.80. The van der Waals surface area contributed by atoms with Gasteiger partial charge in [0.2, 0.25) is 10.0 Å². The third-order valence-corrected chi connectivity index (χ3v) is 5.34. The summed E-state index contributed by atoms with van der Waals surface area (Å²) in [6.45, 7) is -3.02. The quantitative estimate of drug-likeness (QED) is 0.851. The Bertz CT molecular complexity index is 620. The van der Waals surface area contributed by atoms with Crippen LogP contribution in [0.3, 0.4) is 0 Å². The zero-order valence-electron chi connectivity index (χ0n) is 11.6. The average molecular weight is 355 g/mol. The van der Waals surface area contributed by atoms with Crippen LogP contribution in [0.2, 0.25) is 5.02 Å². The van der Waals surface area contributed by atoms with Crippen LogP contribution < -0.4 is 15.2 Å². The van der Waals surface area contributed by atoms with Crippen LogP contribution >= 0.6 is 11.6 Å². The lowest BCUT2D eigenvalue weighted by Gasteiger charge is -2.26. The Morgan fingerprint density at radius 1 is 1.27 bits per heavy atom. The molecule has 9 heteroatoms. The average Bonchev–Trinajstić information content (AvgIpc) is 2.43. The van der Waals surface area contributed by atoms with Crippen molar-refractivity contribution in [2.75, 3.05) is 0 Å². The van der Waals surface area contributed by atoms with E-state index in [4.69, 9.17) is 17.3 Å². The Balaban J connectivity index is 2.10. The molecule has 5 nitrogen and oxygen atoms in total. The fraction of sp³-hybridized carbons (Fsp3) is 0.538. The Labute approximate surface area is 132 Å². The standard InChI is InChI=1S/C13H17ClF2N2O3S/c14-11-7-10(5-6-12(11)21-13(15)16)22(19,20)18-9-3-1-8(17)2-4-9/h5-9,13,18H,1-4,17H2. The lowest BCUT2D eigenvalue weighted by atomic mass is 9.93. The molecule has 1 saturated carbocycles. The molecule has 1 aliphatic rings. The highest BCUT2D eigenvalue weighted by Crippen LogP contribution is 2.29. The Hall–Kier alpha value is -0.960. The van der Waals surface area contributed by atoms with Crippen molar-refractivity contribution in [3.63, 3.8) is 0 Å². The molecule has 1 fully saturated rings. The Morgan fingerprint density at radius 2 is 1.91 bits per heavy atom. The minimum absolute atomic E-state index is 0.0889. The van der Waals surface area contributed by atoms with Crippen LogP contribution in [-0.2, 0) is 10.0 Å². The fourth-order valence-electron chi connectivity index (χ4n) is 2.36. The molecule has 3 N–H and O–H groups in total. The molecule has 0 amide bonds. The molecule has 0 heterocycles. The van der Waals surface area contributed by atoms with E-state index in [0.29, 0.717) is 12.8 Å². The van der Waals surface area contributed by atoms with Gasteiger partial charge in [-0.15, -0.1) is 0 Å². The van der Waals surface area contributed by atoms with Gasteiger partial charge in [-0.3, -0.25) is 0 Å². The van der Waals surface area contributed by atoms with Crippen LogP contribution in [0.4, 0.5) is 8.78 Å². The Kier molecular flexibility index (Phi) is 5.60. The van der Waals surface area contributed by atoms with Crippen LogP contribution in [0.15, 0.2) is 23.1 Å². The lowest BCUT2D eigenvalue weighted by Crippen LogP contribution is -2.40. The van der Waals surface area contributed by atoms with E-state index in [9.17, 15) is 17.2 Å². The molecule has 0 aliphatic heterocycles. The summed E-state index contributed by atoms with van der Waals surface area (Å²) in [6, 6.07) is 3.32. The number of halogens is 3. The van der Waals surface area contributed by atoms with Crippen molar-refractivity contribution in [1.82, 2.24) is 4.72 Å². The number of nitrogens with two attached hydrogens (primary N) is 1. The van der Waals surface area contributed by atoms with Crippen LogP contribution in [0.1, 0.15) is 25.7 Å². The van der Waals surface area contributed by atoms with Crippen LogP contribution in [0.5, 0.6) is 5.75 Å². The van der Waals surface area contributed by atoms with Crippen molar-refractivity contribution in [3.05, 3.63) is 23.2 Å². The minimum Gasteiger partial charge on any atom is -0.433 e. The van der Waals surface area contributed by atoms with E-state index in [1.807, 2.05) is 0 Å². The summed E-state index contributed by atoms with van der Waals surface area (Å²) in [7, 11) is -3.76. The van der Waals surface area contributed by atoms with Crippen LogP contribution in [0, 0.1) is 0 Å². The van der Waals surface area contributed by atoms with E-state index in [1.54, 1.807) is 0 Å². The highest BCUT2D eigenvalue weighted by molar-refractivity contribution is 7.89. The molecule has 0 radical (unpaired) electrons. The van der Waals surface area contributed by atoms with E-state index in [2.05, 4.69) is 9.46 Å². The molecule has 22 heavy (non-hydrogen) atoms. The van der Waals surface area contributed by atoms with Gasteiger partial charge in [0.15, 0.2) is 0 Å². The summed E-state index contributed by atoms with van der Waals surface area (Å²) in [6.07, 6.45) is 2.85. The lowest BCUT2D eigenvalue weighted by molar-refractivity contribution is -0.0498. The third kappa shape index (κ3) is 4.52. The van der Waals surface area contributed by atoms with E-state index in [1.165, 1.54) is 6.07 Å². The number of hydrogen-bond donors (Lipinski definition) is 2. The summed E-state index contributed by atoms with van der Waals surface area (Å²) in [5.74, 6) is -0.265. The number of rotatable bonds is 5. The van der Waals surface area contributed by atoms with Gasteiger partial charge in [-0.1, -0.05) is 11.6 Å². The summed E-state index contributed by atoms with van der Waals surface area (Å²) in [5.41, 5.74) is 5.78. The molecule has 1 aliphatic carbocycles. The SMILES string of the molecule is NC1CCC(NS(=O)(=O)c2ccc(OC(F)F)c(Cl)c2)CC1. The van der Waals surface area contributed by atoms with Gasteiger partial charge in [0.25, 0.3) is 0 Å². The first-order chi connectivity index (χ1) is 10.3. The number of hydrogen-bond acceptors (Lipinski definition) is 4. The highest BCUT2D eigenvalue weighted by Gasteiger charge is 2.25. The number of benzene rings is 1. The van der Waals surface area contributed by atoms with Crippen LogP contribution in [0.25, 0.3) is 0 Å². The molecule has 0 atom stereocenters. The van der Waals surface area contributed by atoms with Crippen molar-refractivity contribution in [3.8, 4) is 5.75 Å². The second kappa shape index (κ2) is 7.08. The predicted octanol–water partition coefficient (Wildman–Crippen LogP) is 2.49. The van der Waals surface area contributed by atoms with Crippen molar-refractivity contribution in [2.45, 2.75) is 49.3 Å². The molecule has 0 spiro atoms. The maximum Gasteiger partial charge on any atom is 0.387 e. The number of alkyl halides is 2. The predicted molar refractivity (Wildman–Crippen MR) is 78.6 cm³/mol. The zero-order valence-corrected chi connectivity index (χ0v) is 13.2. The maximum atomic E-state index is 12.3. The number of sulfonamides is 1. The van der Waals surface area contributed by atoms with E-state index >= 15 is 0 Å². The second-order valence-electron chi connectivity index (χ2n) is 5.20. The second-order valence-corrected chi connectivity index (χ2v) is 7.32. The summed E-state index contributed by atoms with van der Waals surface area (Å²) in [4.78, 5) is -0.0889. The summed E-state index contributed by atoms with van der Waals surface area (Å²) < 4.78 is 55.6. The smallest absolute Gasteiger partial charge is 0.387 e. The molecule has 0 bridgehead atoms. The minimum atomic E-state index is -3.76. The van der Waals surface area contributed by atoms with Crippen LogP contribution in [-0.4, -0.2) is 27.1 Å². The monoisotopic (exact) mass is 354 g/mol. The summed E-state index contributed by atoms with van der Waals surface area (Å²) >= 11 is 5.77. The van der Waals surface area contributed by atoms with Gasteiger partial charge in [0, 0.05) is 12.1 Å². The van der Waals surface area contributed by atoms with Gasteiger partial charge < -0.3 is 10.5 Å². The van der Waals surface area contributed by atoms with E-state index < -0.39 is 16.6 Å². The molecule has 124 valence electrons. The normalized spacial score (nSPS) is 22.8. The molecule has 0 saturated heterocycles. The number of ether oxygens (including phenoxy) is 1. The van der Waals surface area contributed by atoms with Crippen molar-refractivity contribution >= 4 is 21.6 Å². The molecule has 0 aromatic heterocycles. The van der Waals surface area contributed by atoms with Gasteiger partial charge in [-0.05, 0) is 43.9 Å². The van der Waals surface area contributed by atoms with Gasteiger partial charge >= 0.3 is 6.61 Å². The van der Waals surface area contributed by atoms with Crippen molar-refractivity contribution < 1.29 is 21.9 Å². The van der Waals surface area contributed by atoms with Gasteiger partial charge in [0.1, 0.15) is 5.75 Å². The molecule has 1 aromatic rings. The maximum absolute atomic E-state index is 12.3. The largest absolute Gasteiger partial charge is 0.433 e.